The van der Waals surface area contributed by atoms with Gasteiger partial charge in [-0.2, -0.15) is 4.31 Å². The molecule has 0 radical (unpaired) electrons. The summed E-state index contributed by atoms with van der Waals surface area (Å²) in [5.74, 6) is -2.88. The highest BCUT2D eigenvalue weighted by molar-refractivity contribution is 7.89. The normalized spacial score (nSPS) is 11.6. The molecular formula is C22H18Cl2F2N2O3S. The summed E-state index contributed by atoms with van der Waals surface area (Å²) >= 11 is 12.1. The molecule has 0 aliphatic carbocycles. The van der Waals surface area contributed by atoms with Crippen LogP contribution in [0, 0.1) is 18.6 Å². The summed E-state index contributed by atoms with van der Waals surface area (Å²) in [5.41, 5.74) is 0.593. The number of rotatable bonds is 7. The number of hydrogen-bond acceptors (Lipinski definition) is 3. The first kappa shape index (κ1) is 24.1. The molecule has 3 aromatic carbocycles. The highest BCUT2D eigenvalue weighted by Gasteiger charge is 2.28. The highest BCUT2D eigenvalue weighted by atomic mass is 35.5. The monoisotopic (exact) mass is 498 g/mol. The SMILES string of the molecule is Cc1ccc(S(=O)(=O)N(CC(=O)Nc2c(F)cccc2F)Cc2ccc(Cl)cc2Cl)cc1. The van der Waals surface area contributed by atoms with Crippen molar-refractivity contribution in [2.45, 2.75) is 18.4 Å². The Morgan fingerprint density at radius 1 is 1.00 bits per heavy atom. The van der Waals surface area contributed by atoms with E-state index in [4.69, 9.17) is 23.2 Å². The standard InChI is InChI=1S/C22H18Cl2F2N2O3S/c1-14-5-9-17(10-6-14)32(30,31)28(12-15-7-8-16(23)11-18(15)24)13-21(29)27-22-19(25)3-2-4-20(22)26/h2-11H,12-13H2,1H3,(H,27,29). The van der Waals surface area contributed by atoms with Gasteiger partial charge in [-0.3, -0.25) is 4.79 Å². The van der Waals surface area contributed by atoms with Crippen LogP contribution >= 0.6 is 23.2 Å². The van der Waals surface area contributed by atoms with E-state index in [-0.39, 0.29) is 16.5 Å². The molecule has 10 heteroatoms. The van der Waals surface area contributed by atoms with Gasteiger partial charge in [-0.15, -0.1) is 0 Å². The van der Waals surface area contributed by atoms with Gasteiger partial charge in [0.25, 0.3) is 0 Å². The van der Waals surface area contributed by atoms with Crippen molar-refractivity contribution in [3.05, 3.63) is 93.5 Å². The molecular weight excluding hydrogens is 481 g/mol. The molecule has 1 N–H and O–H groups in total. The molecule has 0 saturated carbocycles. The number of hydrogen-bond donors (Lipinski definition) is 1. The Bertz CT molecular complexity index is 1230. The van der Waals surface area contributed by atoms with Gasteiger partial charge >= 0.3 is 0 Å². The van der Waals surface area contributed by atoms with Crippen molar-refractivity contribution >= 4 is 44.8 Å². The summed E-state index contributed by atoms with van der Waals surface area (Å²) in [7, 11) is -4.16. The van der Waals surface area contributed by atoms with Crippen LogP contribution in [0.3, 0.4) is 0 Å². The molecule has 0 saturated heterocycles. The number of aryl methyl sites for hydroxylation is 1. The Balaban J connectivity index is 1.94. The van der Waals surface area contributed by atoms with Crippen molar-refractivity contribution in [2.75, 3.05) is 11.9 Å². The molecule has 32 heavy (non-hydrogen) atoms. The van der Waals surface area contributed by atoms with Gasteiger partial charge in [0.05, 0.1) is 11.4 Å². The number of para-hydroxylation sites is 1. The van der Waals surface area contributed by atoms with E-state index in [2.05, 4.69) is 5.32 Å². The summed E-state index contributed by atoms with van der Waals surface area (Å²) in [6.07, 6.45) is 0. The van der Waals surface area contributed by atoms with Crippen molar-refractivity contribution in [1.82, 2.24) is 4.31 Å². The van der Waals surface area contributed by atoms with Gasteiger partial charge in [0.15, 0.2) is 0 Å². The molecule has 0 aliphatic heterocycles. The topological polar surface area (TPSA) is 66.5 Å². The van der Waals surface area contributed by atoms with E-state index < -0.39 is 39.8 Å². The van der Waals surface area contributed by atoms with E-state index in [0.29, 0.717) is 10.6 Å². The minimum atomic E-state index is -4.16. The molecule has 0 bridgehead atoms. The summed E-state index contributed by atoms with van der Waals surface area (Å²) < 4.78 is 55.2. The smallest absolute Gasteiger partial charge is 0.243 e. The molecule has 0 atom stereocenters. The second kappa shape index (κ2) is 9.95. The van der Waals surface area contributed by atoms with Gasteiger partial charge in [-0.1, -0.05) is 53.0 Å². The van der Waals surface area contributed by atoms with Crippen LogP contribution in [0.4, 0.5) is 14.5 Å². The number of sulfonamides is 1. The van der Waals surface area contributed by atoms with Gasteiger partial charge in [-0.05, 0) is 48.9 Å². The third kappa shape index (κ3) is 5.63. The molecule has 0 aliphatic rings. The zero-order valence-electron chi connectivity index (χ0n) is 16.8. The first-order valence-corrected chi connectivity index (χ1v) is 11.5. The summed E-state index contributed by atoms with van der Waals surface area (Å²) in [6.45, 7) is 0.834. The van der Waals surface area contributed by atoms with E-state index in [1.54, 1.807) is 19.1 Å². The maximum absolute atomic E-state index is 13.9. The molecule has 5 nitrogen and oxygen atoms in total. The molecule has 3 aromatic rings. The summed E-state index contributed by atoms with van der Waals surface area (Å²) in [5, 5.41) is 2.67. The van der Waals surface area contributed by atoms with E-state index in [1.165, 1.54) is 30.3 Å². The van der Waals surface area contributed by atoms with Crippen LogP contribution in [0.1, 0.15) is 11.1 Å². The van der Waals surface area contributed by atoms with E-state index in [9.17, 15) is 22.0 Å². The minimum absolute atomic E-state index is 0.0435. The average Bonchev–Trinajstić information content (AvgIpc) is 2.72. The third-order valence-electron chi connectivity index (χ3n) is 4.57. The number of nitrogens with zero attached hydrogens (tertiary/aromatic N) is 1. The average molecular weight is 499 g/mol. The zero-order chi connectivity index (χ0) is 23.5. The molecule has 168 valence electrons. The first-order valence-electron chi connectivity index (χ1n) is 9.32. The highest BCUT2D eigenvalue weighted by Crippen LogP contribution is 2.26. The molecule has 0 aromatic heterocycles. The molecule has 0 fully saturated rings. The van der Waals surface area contributed by atoms with Gasteiger partial charge in [0, 0.05) is 16.6 Å². The number of nitrogens with one attached hydrogen (secondary N) is 1. The molecule has 0 unspecified atom stereocenters. The number of carbonyl (C=O) groups is 1. The van der Waals surface area contributed by atoms with Crippen LogP contribution in [-0.2, 0) is 21.4 Å². The van der Waals surface area contributed by atoms with E-state index >= 15 is 0 Å². The zero-order valence-corrected chi connectivity index (χ0v) is 19.1. The lowest BCUT2D eigenvalue weighted by Gasteiger charge is -2.23. The number of amides is 1. The minimum Gasteiger partial charge on any atom is -0.320 e. The van der Waals surface area contributed by atoms with Crippen LogP contribution in [0.5, 0.6) is 0 Å². The van der Waals surface area contributed by atoms with Crippen molar-refractivity contribution in [3.8, 4) is 0 Å². The predicted octanol–water partition coefficient (Wildman–Crippen LogP) is 5.41. The maximum Gasteiger partial charge on any atom is 0.243 e. The van der Waals surface area contributed by atoms with Crippen LogP contribution in [-0.4, -0.2) is 25.2 Å². The Kier molecular flexibility index (Phi) is 7.51. The fourth-order valence-electron chi connectivity index (χ4n) is 2.88. The lowest BCUT2D eigenvalue weighted by molar-refractivity contribution is -0.116. The number of carbonyl (C=O) groups excluding carboxylic acids is 1. The lowest BCUT2D eigenvalue weighted by Crippen LogP contribution is -2.38. The third-order valence-corrected chi connectivity index (χ3v) is 6.96. The summed E-state index contributed by atoms with van der Waals surface area (Å²) in [6, 6.07) is 13.7. The van der Waals surface area contributed by atoms with Gasteiger partial charge in [-0.25, -0.2) is 17.2 Å². The van der Waals surface area contributed by atoms with Gasteiger partial charge < -0.3 is 5.32 Å². The van der Waals surface area contributed by atoms with Crippen LogP contribution in [0.15, 0.2) is 65.6 Å². The van der Waals surface area contributed by atoms with Crippen LogP contribution in [0.25, 0.3) is 0 Å². The molecule has 0 heterocycles. The fourth-order valence-corrected chi connectivity index (χ4v) is 4.72. The fraction of sp³-hybridized carbons (Fsp3) is 0.136. The van der Waals surface area contributed by atoms with Crippen LogP contribution < -0.4 is 5.32 Å². The van der Waals surface area contributed by atoms with Crippen LogP contribution in [0.2, 0.25) is 10.0 Å². The Morgan fingerprint density at radius 2 is 1.62 bits per heavy atom. The first-order chi connectivity index (χ1) is 15.1. The molecule has 0 spiro atoms. The maximum atomic E-state index is 13.9. The molecule has 3 rings (SSSR count). The van der Waals surface area contributed by atoms with Crippen molar-refractivity contribution in [2.24, 2.45) is 0 Å². The number of anilines is 1. The van der Waals surface area contributed by atoms with Crippen molar-refractivity contribution in [1.29, 1.82) is 0 Å². The second-order valence-corrected chi connectivity index (χ2v) is 9.75. The number of halogens is 4. The predicted molar refractivity (Wildman–Crippen MR) is 120 cm³/mol. The van der Waals surface area contributed by atoms with Gasteiger partial charge in [0.2, 0.25) is 15.9 Å². The lowest BCUT2D eigenvalue weighted by atomic mass is 10.2. The Labute approximate surface area is 194 Å². The van der Waals surface area contributed by atoms with E-state index in [0.717, 1.165) is 28.1 Å². The molecule has 1 amide bonds. The largest absolute Gasteiger partial charge is 0.320 e. The second-order valence-electron chi connectivity index (χ2n) is 6.97. The van der Waals surface area contributed by atoms with E-state index in [1.807, 2.05) is 0 Å². The Morgan fingerprint density at radius 3 is 2.22 bits per heavy atom. The summed E-state index contributed by atoms with van der Waals surface area (Å²) in [4.78, 5) is 12.5. The van der Waals surface area contributed by atoms with Gasteiger partial charge in [0.1, 0.15) is 17.3 Å². The quantitative estimate of drug-likeness (QED) is 0.473. The van der Waals surface area contributed by atoms with Crippen molar-refractivity contribution < 1.29 is 22.0 Å². The Hall–Kier alpha value is -2.52. The van der Waals surface area contributed by atoms with Crippen molar-refractivity contribution in [3.63, 3.8) is 0 Å². The number of benzene rings is 3.